The summed E-state index contributed by atoms with van der Waals surface area (Å²) >= 11 is 0. The van der Waals surface area contributed by atoms with Gasteiger partial charge in [-0.25, -0.2) is 9.59 Å². The van der Waals surface area contributed by atoms with E-state index in [9.17, 15) is 9.59 Å². The van der Waals surface area contributed by atoms with Crippen molar-refractivity contribution in [1.29, 1.82) is 0 Å². The van der Waals surface area contributed by atoms with Gasteiger partial charge in [0, 0.05) is 0 Å². The van der Waals surface area contributed by atoms with Crippen molar-refractivity contribution in [2.75, 3.05) is 0 Å². The monoisotopic (exact) mass is 290 g/mol. The van der Waals surface area contributed by atoms with Crippen LogP contribution in [-0.4, -0.2) is 39.7 Å². The highest BCUT2D eigenvalue weighted by atomic mass is 32.3. The van der Waals surface area contributed by atoms with Crippen LogP contribution in [0, 0.1) is 0 Å². The Morgan fingerprint density at radius 1 is 1.05 bits per heavy atom. The van der Waals surface area contributed by atoms with Crippen LogP contribution in [0.3, 0.4) is 0 Å². The summed E-state index contributed by atoms with van der Waals surface area (Å²) in [5.74, 6) is -2.51. The van der Waals surface area contributed by atoms with Crippen molar-refractivity contribution < 1.29 is 37.3 Å². The molecule has 0 aliphatic rings. The maximum absolute atomic E-state index is 10.7. The van der Waals surface area contributed by atoms with E-state index >= 15 is 0 Å². The van der Waals surface area contributed by atoms with Crippen LogP contribution >= 0.6 is 0 Å². The molecule has 0 amide bonds. The predicted molar refractivity (Wildman–Crippen MR) is 64.6 cm³/mol. The Labute approximate surface area is 108 Å². The van der Waals surface area contributed by atoms with Crippen molar-refractivity contribution in [3.05, 3.63) is 41.5 Å². The summed E-state index contributed by atoms with van der Waals surface area (Å²) in [5.41, 5.74) is 0.130. The summed E-state index contributed by atoms with van der Waals surface area (Å²) in [4.78, 5) is 21.3. The Morgan fingerprint density at radius 3 is 1.79 bits per heavy atom. The van der Waals surface area contributed by atoms with Gasteiger partial charge < -0.3 is 10.2 Å². The fourth-order valence-electron chi connectivity index (χ4n) is 1.05. The zero-order valence-corrected chi connectivity index (χ0v) is 10.2. The normalized spacial score (nSPS) is 10.0. The van der Waals surface area contributed by atoms with Gasteiger partial charge in [0.1, 0.15) is 0 Å². The largest absolute Gasteiger partial charge is 0.478 e. The third-order valence-corrected chi connectivity index (χ3v) is 1.74. The standard InChI is InChI=1S/C10H8O4.H2O4S/c1-2-6-3-4-7(9(11)12)8(5-6)10(13)14;1-5(2,3)4/h2-5H,1H2,(H,11,12)(H,13,14);(H2,1,2,3,4). The third-order valence-electron chi connectivity index (χ3n) is 1.74. The van der Waals surface area contributed by atoms with Gasteiger partial charge in [0.15, 0.2) is 0 Å². The lowest BCUT2D eigenvalue weighted by Crippen LogP contribution is -2.07. The van der Waals surface area contributed by atoms with Crippen LogP contribution in [0.5, 0.6) is 0 Å². The molecular formula is C10H10O8S. The van der Waals surface area contributed by atoms with Crippen LogP contribution < -0.4 is 0 Å². The summed E-state index contributed by atoms with van der Waals surface area (Å²) in [6.07, 6.45) is 1.46. The highest BCUT2D eigenvalue weighted by molar-refractivity contribution is 7.79. The molecule has 0 unspecified atom stereocenters. The van der Waals surface area contributed by atoms with Gasteiger partial charge in [0.05, 0.1) is 11.1 Å². The molecule has 104 valence electrons. The van der Waals surface area contributed by atoms with Crippen molar-refractivity contribution in [3.63, 3.8) is 0 Å². The first kappa shape index (κ1) is 16.8. The first-order valence-electron chi connectivity index (χ1n) is 4.49. The lowest BCUT2D eigenvalue weighted by molar-refractivity contribution is 0.0651. The van der Waals surface area contributed by atoms with Gasteiger partial charge in [-0.2, -0.15) is 8.42 Å². The highest BCUT2D eigenvalue weighted by Gasteiger charge is 2.15. The molecule has 1 aromatic rings. The lowest BCUT2D eigenvalue weighted by atomic mass is 10.0. The molecule has 0 radical (unpaired) electrons. The van der Waals surface area contributed by atoms with Gasteiger partial charge in [-0.3, -0.25) is 9.11 Å². The van der Waals surface area contributed by atoms with E-state index < -0.39 is 22.3 Å². The second-order valence-corrected chi connectivity index (χ2v) is 3.96. The smallest absolute Gasteiger partial charge is 0.394 e. The quantitative estimate of drug-likeness (QED) is 0.604. The summed E-state index contributed by atoms with van der Waals surface area (Å²) in [6, 6.07) is 4.03. The van der Waals surface area contributed by atoms with Crippen molar-refractivity contribution in [1.82, 2.24) is 0 Å². The second kappa shape index (κ2) is 6.64. The van der Waals surface area contributed by atoms with E-state index in [1.165, 1.54) is 24.3 Å². The minimum Gasteiger partial charge on any atom is -0.478 e. The van der Waals surface area contributed by atoms with Gasteiger partial charge in [-0.15, -0.1) is 0 Å². The molecule has 9 heteroatoms. The Balaban J connectivity index is 0.000000555. The molecule has 0 heterocycles. The number of benzene rings is 1. The minimum atomic E-state index is -4.67. The van der Waals surface area contributed by atoms with E-state index in [1.54, 1.807) is 0 Å². The van der Waals surface area contributed by atoms with Crippen molar-refractivity contribution >= 4 is 28.4 Å². The van der Waals surface area contributed by atoms with Crippen molar-refractivity contribution in [2.45, 2.75) is 0 Å². The number of aromatic carboxylic acids is 2. The van der Waals surface area contributed by atoms with E-state index in [0.717, 1.165) is 0 Å². The molecule has 0 aliphatic carbocycles. The number of hydrogen-bond acceptors (Lipinski definition) is 4. The minimum absolute atomic E-state index is 0.219. The first-order valence-corrected chi connectivity index (χ1v) is 5.89. The molecule has 19 heavy (non-hydrogen) atoms. The van der Waals surface area contributed by atoms with Gasteiger partial charge in [-0.1, -0.05) is 18.7 Å². The number of hydrogen-bond donors (Lipinski definition) is 4. The maximum atomic E-state index is 10.7. The molecule has 0 atom stereocenters. The molecule has 1 rings (SSSR count). The molecule has 1 aromatic carbocycles. The number of carbonyl (C=O) groups is 2. The van der Waals surface area contributed by atoms with Crippen LogP contribution in [0.25, 0.3) is 6.08 Å². The Bertz CT molecular complexity index is 594. The zero-order valence-electron chi connectivity index (χ0n) is 9.35. The SMILES string of the molecule is C=Cc1ccc(C(=O)O)c(C(=O)O)c1.O=S(=O)(O)O. The molecule has 0 saturated heterocycles. The molecule has 0 aromatic heterocycles. The van der Waals surface area contributed by atoms with Crippen LogP contribution in [0.1, 0.15) is 26.3 Å². The predicted octanol–water partition coefficient (Wildman–Crippen LogP) is 1.07. The number of carboxylic acid groups (broad SMARTS) is 2. The Hall–Kier alpha value is -2.23. The first-order chi connectivity index (χ1) is 8.56. The van der Waals surface area contributed by atoms with Gasteiger partial charge in [0.2, 0.25) is 0 Å². The number of rotatable bonds is 3. The second-order valence-electron chi connectivity index (χ2n) is 3.07. The molecule has 0 aliphatic heterocycles. The molecule has 0 bridgehead atoms. The van der Waals surface area contributed by atoms with E-state index in [0.29, 0.717) is 5.56 Å². The van der Waals surface area contributed by atoms with Crippen LogP contribution in [-0.2, 0) is 10.4 Å². The summed E-state index contributed by atoms with van der Waals surface area (Å²) in [6.45, 7) is 3.47. The van der Waals surface area contributed by atoms with E-state index in [4.69, 9.17) is 27.7 Å². The summed E-state index contributed by atoms with van der Waals surface area (Å²) < 4.78 is 31.6. The summed E-state index contributed by atoms with van der Waals surface area (Å²) in [7, 11) is -4.67. The zero-order chi connectivity index (χ0) is 15.2. The fourth-order valence-corrected chi connectivity index (χ4v) is 1.05. The molecule has 0 saturated carbocycles. The van der Waals surface area contributed by atoms with Crippen LogP contribution in [0.4, 0.5) is 0 Å². The molecule has 4 N–H and O–H groups in total. The third kappa shape index (κ3) is 6.93. The van der Waals surface area contributed by atoms with Crippen molar-refractivity contribution in [2.24, 2.45) is 0 Å². The Kier molecular flexibility index (Phi) is 5.86. The average Bonchev–Trinajstić information content (AvgIpc) is 2.25. The van der Waals surface area contributed by atoms with Gasteiger partial charge >= 0.3 is 22.3 Å². The van der Waals surface area contributed by atoms with Crippen LogP contribution in [0.15, 0.2) is 24.8 Å². The van der Waals surface area contributed by atoms with Gasteiger partial charge in [0.25, 0.3) is 0 Å². The molecule has 8 nitrogen and oxygen atoms in total. The average molecular weight is 290 g/mol. The Morgan fingerprint density at radius 2 is 1.47 bits per heavy atom. The molecule has 0 fully saturated rings. The molecular weight excluding hydrogens is 280 g/mol. The van der Waals surface area contributed by atoms with E-state index in [2.05, 4.69) is 6.58 Å². The van der Waals surface area contributed by atoms with Crippen molar-refractivity contribution in [3.8, 4) is 0 Å². The van der Waals surface area contributed by atoms with E-state index in [1.807, 2.05) is 0 Å². The summed E-state index contributed by atoms with van der Waals surface area (Å²) in [5, 5.41) is 17.4. The topological polar surface area (TPSA) is 149 Å². The fraction of sp³-hybridized carbons (Fsp3) is 0. The molecule has 0 spiro atoms. The maximum Gasteiger partial charge on any atom is 0.394 e. The highest BCUT2D eigenvalue weighted by Crippen LogP contribution is 2.13. The lowest BCUT2D eigenvalue weighted by Gasteiger charge is -2.02. The van der Waals surface area contributed by atoms with Gasteiger partial charge in [-0.05, 0) is 17.7 Å². The number of carboxylic acids is 2. The van der Waals surface area contributed by atoms with E-state index in [-0.39, 0.29) is 11.1 Å². The van der Waals surface area contributed by atoms with Crippen LogP contribution in [0.2, 0.25) is 0 Å².